The third-order valence-corrected chi connectivity index (χ3v) is 3.39. The van der Waals surface area contributed by atoms with Crippen molar-refractivity contribution in [3.63, 3.8) is 0 Å². The summed E-state index contributed by atoms with van der Waals surface area (Å²) in [5, 5.41) is 3.29. The van der Waals surface area contributed by atoms with Gasteiger partial charge in [0.2, 0.25) is 5.91 Å². The van der Waals surface area contributed by atoms with Crippen LogP contribution in [0.4, 0.5) is 5.69 Å². The smallest absolute Gasteiger partial charge is 0.306 e. The average molecular weight is 312 g/mol. The van der Waals surface area contributed by atoms with Gasteiger partial charge in [0.25, 0.3) is 0 Å². The molecule has 21 heavy (non-hydrogen) atoms. The quantitative estimate of drug-likeness (QED) is 0.820. The van der Waals surface area contributed by atoms with Gasteiger partial charge in [-0.05, 0) is 37.1 Å². The molecule has 1 aliphatic heterocycles. The van der Waals surface area contributed by atoms with Gasteiger partial charge in [0.15, 0.2) is 0 Å². The number of hydrogen-bond acceptors (Lipinski definition) is 4. The SMILES string of the molecule is O=C(CCC(=O)OCC1CCCO1)Nc1ccc(Cl)cc1. The highest BCUT2D eigenvalue weighted by Crippen LogP contribution is 2.14. The van der Waals surface area contributed by atoms with Crippen molar-refractivity contribution in [3.8, 4) is 0 Å². The van der Waals surface area contributed by atoms with Crippen molar-refractivity contribution in [1.29, 1.82) is 0 Å². The van der Waals surface area contributed by atoms with E-state index in [0.29, 0.717) is 10.7 Å². The molecule has 5 nitrogen and oxygen atoms in total. The number of amides is 1. The van der Waals surface area contributed by atoms with E-state index in [2.05, 4.69) is 5.32 Å². The highest BCUT2D eigenvalue weighted by atomic mass is 35.5. The number of carbonyl (C=O) groups is 2. The summed E-state index contributed by atoms with van der Waals surface area (Å²) in [6.45, 7) is 1.00. The average Bonchev–Trinajstić information content (AvgIpc) is 2.99. The Balaban J connectivity index is 1.63. The Morgan fingerprint density at radius 1 is 1.29 bits per heavy atom. The number of benzene rings is 1. The molecule has 2 rings (SSSR count). The van der Waals surface area contributed by atoms with Crippen molar-refractivity contribution in [3.05, 3.63) is 29.3 Å². The fraction of sp³-hybridized carbons (Fsp3) is 0.467. The summed E-state index contributed by atoms with van der Waals surface area (Å²) in [7, 11) is 0. The molecule has 1 fully saturated rings. The maximum Gasteiger partial charge on any atom is 0.306 e. The number of nitrogens with one attached hydrogen (secondary N) is 1. The van der Waals surface area contributed by atoms with Crippen LogP contribution in [0.1, 0.15) is 25.7 Å². The van der Waals surface area contributed by atoms with Crippen molar-refractivity contribution in [2.75, 3.05) is 18.5 Å². The third kappa shape index (κ3) is 5.73. The van der Waals surface area contributed by atoms with E-state index in [-0.39, 0.29) is 37.4 Å². The van der Waals surface area contributed by atoms with Crippen LogP contribution >= 0.6 is 11.6 Å². The maximum absolute atomic E-state index is 11.7. The monoisotopic (exact) mass is 311 g/mol. The molecule has 1 saturated heterocycles. The topological polar surface area (TPSA) is 64.6 Å². The van der Waals surface area contributed by atoms with Gasteiger partial charge in [-0.3, -0.25) is 9.59 Å². The van der Waals surface area contributed by atoms with E-state index in [1.165, 1.54) is 0 Å². The number of esters is 1. The Morgan fingerprint density at radius 3 is 2.71 bits per heavy atom. The van der Waals surface area contributed by atoms with Crippen LogP contribution < -0.4 is 5.32 Å². The second kappa shape index (κ2) is 8.00. The van der Waals surface area contributed by atoms with Crippen LogP contribution in [0.15, 0.2) is 24.3 Å². The molecular formula is C15H18ClNO4. The zero-order valence-electron chi connectivity index (χ0n) is 11.6. The van der Waals surface area contributed by atoms with Crippen molar-refractivity contribution >= 4 is 29.2 Å². The molecule has 1 amide bonds. The molecule has 1 heterocycles. The van der Waals surface area contributed by atoms with Gasteiger partial charge in [0.05, 0.1) is 12.5 Å². The lowest BCUT2D eigenvalue weighted by atomic mass is 10.2. The van der Waals surface area contributed by atoms with Gasteiger partial charge in [-0.15, -0.1) is 0 Å². The van der Waals surface area contributed by atoms with E-state index in [1.54, 1.807) is 24.3 Å². The van der Waals surface area contributed by atoms with Crippen LogP contribution in [-0.4, -0.2) is 31.2 Å². The maximum atomic E-state index is 11.7. The number of carbonyl (C=O) groups excluding carboxylic acids is 2. The lowest BCUT2D eigenvalue weighted by molar-refractivity contribution is -0.147. The van der Waals surface area contributed by atoms with Crippen LogP contribution in [-0.2, 0) is 19.1 Å². The first-order chi connectivity index (χ1) is 10.1. The molecule has 1 aliphatic rings. The number of anilines is 1. The Bertz CT molecular complexity index is 483. The van der Waals surface area contributed by atoms with E-state index in [1.807, 2.05) is 0 Å². The molecule has 6 heteroatoms. The molecule has 114 valence electrons. The lowest BCUT2D eigenvalue weighted by Crippen LogP contribution is -2.19. The molecule has 0 radical (unpaired) electrons. The fourth-order valence-corrected chi connectivity index (χ4v) is 2.13. The van der Waals surface area contributed by atoms with E-state index in [9.17, 15) is 9.59 Å². The Labute approximate surface area is 128 Å². The third-order valence-electron chi connectivity index (χ3n) is 3.14. The summed E-state index contributed by atoms with van der Waals surface area (Å²) >= 11 is 5.76. The minimum Gasteiger partial charge on any atom is -0.463 e. The van der Waals surface area contributed by atoms with Gasteiger partial charge in [-0.25, -0.2) is 0 Å². The highest BCUT2D eigenvalue weighted by molar-refractivity contribution is 6.30. The van der Waals surface area contributed by atoms with Crippen LogP contribution in [0.25, 0.3) is 0 Å². The lowest BCUT2D eigenvalue weighted by Gasteiger charge is -2.10. The molecule has 0 aliphatic carbocycles. The Kier molecular flexibility index (Phi) is 6.02. The van der Waals surface area contributed by atoms with Crippen molar-refractivity contribution in [1.82, 2.24) is 0 Å². The van der Waals surface area contributed by atoms with Gasteiger partial charge < -0.3 is 14.8 Å². The Morgan fingerprint density at radius 2 is 2.05 bits per heavy atom. The van der Waals surface area contributed by atoms with Crippen LogP contribution in [0.2, 0.25) is 5.02 Å². The van der Waals surface area contributed by atoms with Crippen LogP contribution in [0.3, 0.4) is 0 Å². The van der Waals surface area contributed by atoms with Gasteiger partial charge in [0.1, 0.15) is 6.61 Å². The molecule has 0 spiro atoms. The zero-order valence-corrected chi connectivity index (χ0v) is 12.4. The minimum atomic E-state index is -0.378. The molecule has 1 N–H and O–H groups in total. The first kappa shape index (κ1) is 15.8. The molecule has 1 aromatic carbocycles. The second-order valence-electron chi connectivity index (χ2n) is 4.87. The van der Waals surface area contributed by atoms with Crippen LogP contribution in [0, 0.1) is 0 Å². The van der Waals surface area contributed by atoms with E-state index < -0.39 is 0 Å². The zero-order chi connectivity index (χ0) is 15.1. The van der Waals surface area contributed by atoms with Gasteiger partial charge in [-0.2, -0.15) is 0 Å². The molecule has 0 bridgehead atoms. The second-order valence-corrected chi connectivity index (χ2v) is 5.31. The number of halogens is 1. The number of rotatable bonds is 6. The largest absolute Gasteiger partial charge is 0.463 e. The summed E-state index contributed by atoms with van der Waals surface area (Å²) in [5.41, 5.74) is 0.650. The van der Waals surface area contributed by atoms with Gasteiger partial charge >= 0.3 is 5.97 Å². The predicted molar refractivity (Wildman–Crippen MR) is 79.2 cm³/mol. The van der Waals surface area contributed by atoms with Crippen LogP contribution in [0.5, 0.6) is 0 Å². The van der Waals surface area contributed by atoms with E-state index >= 15 is 0 Å². The van der Waals surface area contributed by atoms with Crippen molar-refractivity contribution < 1.29 is 19.1 Å². The minimum absolute atomic E-state index is 0.0110. The summed E-state index contributed by atoms with van der Waals surface area (Å²) in [4.78, 5) is 23.2. The summed E-state index contributed by atoms with van der Waals surface area (Å²) < 4.78 is 10.4. The number of hydrogen-bond donors (Lipinski definition) is 1. The first-order valence-corrected chi connectivity index (χ1v) is 7.34. The van der Waals surface area contributed by atoms with Crippen molar-refractivity contribution in [2.24, 2.45) is 0 Å². The summed E-state index contributed by atoms with van der Waals surface area (Å²) in [5.74, 6) is -0.608. The highest BCUT2D eigenvalue weighted by Gasteiger charge is 2.17. The standard InChI is InChI=1S/C15H18ClNO4/c16-11-3-5-12(6-4-11)17-14(18)7-8-15(19)21-10-13-2-1-9-20-13/h3-6,13H,1-2,7-10H2,(H,17,18). The fourth-order valence-electron chi connectivity index (χ4n) is 2.01. The van der Waals surface area contributed by atoms with E-state index in [0.717, 1.165) is 19.4 Å². The summed E-state index contributed by atoms with van der Waals surface area (Å²) in [6, 6.07) is 6.78. The Hall–Kier alpha value is -1.59. The normalized spacial score (nSPS) is 17.5. The molecular weight excluding hydrogens is 294 g/mol. The molecule has 0 saturated carbocycles. The molecule has 0 aromatic heterocycles. The summed E-state index contributed by atoms with van der Waals surface area (Å²) in [6.07, 6.45) is 2.09. The van der Waals surface area contributed by atoms with E-state index in [4.69, 9.17) is 21.1 Å². The molecule has 1 unspecified atom stereocenters. The van der Waals surface area contributed by atoms with Gasteiger partial charge in [-0.1, -0.05) is 11.6 Å². The number of ether oxygens (including phenoxy) is 2. The predicted octanol–water partition coefficient (Wildman–Crippen LogP) is 2.78. The van der Waals surface area contributed by atoms with Crippen molar-refractivity contribution in [2.45, 2.75) is 31.8 Å². The van der Waals surface area contributed by atoms with Gasteiger partial charge in [0, 0.05) is 23.7 Å². The molecule has 1 atom stereocenters. The first-order valence-electron chi connectivity index (χ1n) is 6.96. The molecule has 1 aromatic rings.